The molecule has 0 bridgehead atoms. The van der Waals surface area contributed by atoms with E-state index < -0.39 is 4.92 Å². The van der Waals surface area contributed by atoms with E-state index in [-0.39, 0.29) is 18.1 Å². The molecule has 2 heterocycles. The number of fused-ring (bicyclic) bond motifs is 1. The van der Waals surface area contributed by atoms with Gasteiger partial charge in [-0.1, -0.05) is 0 Å². The van der Waals surface area contributed by atoms with Gasteiger partial charge in [0, 0.05) is 24.5 Å². The van der Waals surface area contributed by atoms with E-state index in [1.807, 2.05) is 0 Å². The van der Waals surface area contributed by atoms with Crippen molar-refractivity contribution >= 4 is 22.6 Å². The van der Waals surface area contributed by atoms with E-state index in [0.29, 0.717) is 22.4 Å². The number of imidazole rings is 1. The van der Waals surface area contributed by atoms with E-state index in [1.54, 1.807) is 24.4 Å². The van der Waals surface area contributed by atoms with E-state index in [2.05, 4.69) is 20.3 Å². The van der Waals surface area contributed by atoms with Gasteiger partial charge in [0.05, 0.1) is 28.1 Å². The van der Waals surface area contributed by atoms with Crippen LogP contribution >= 0.6 is 0 Å². The highest BCUT2D eigenvalue weighted by molar-refractivity contribution is 5.93. The van der Waals surface area contributed by atoms with Crippen LogP contribution in [0.2, 0.25) is 0 Å². The molecule has 3 rings (SSSR count). The summed E-state index contributed by atoms with van der Waals surface area (Å²) in [5.41, 5.74) is 1.60. The Hall–Kier alpha value is -3.29. The molecule has 0 saturated heterocycles. The normalized spacial score (nSPS) is 10.5. The third-order valence-electron chi connectivity index (χ3n) is 3.07. The van der Waals surface area contributed by atoms with E-state index in [4.69, 9.17) is 0 Å². The van der Waals surface area contributed by atoms with Gasteiger partial charge in [-0.2, -0.15) is 0 Å². The van der Waals surface area contributed by atoms with Crippen molar-refractivity contribution in [3.05, 3.63) is 64.2 Å². The summed E-state index contributed by atoms with van der Waals surface area (Å²) in [4.78, 5) is 33.3. The topological polar surface area (TPSA) is 114 Å². The number of pyridine rings is 1. The van der Waals surface area contributed by atoms with Gasteiger partial charge < -0.3 is 10.3 Å². The molecule has 1 amide bonds. The van der Waals surface area contributed by atoms with Crippen molar-refractivity contribution in [1.82, 2.24) is 20.3 Å². The Kier molecular flexibility index (Phi) is 3.48. The molecule has 0 aliphatic rings. The number of hydrogen-bond donors (Lipinski definition) is 2. The first-order valence-corrected chi connectivity index (χ1v) is 6.45. The molecule has 1 aromatic carbocycles. The minimum absolute atomic E-state index is 0.0119. The van der Waals surface area contributed by atoms with Crippen molar-refractivity contribution in [3.63, 3.8) is 0 Å². The van der Waals surface area contributed by atoms with E-state index in [1.165, 1.54) is 18.3 Å². The van der Waals surface area contributed by atoms with Crippen molar-refractivity contribution in [2.45, 2.75) is 6.54 Å². The van der Waals surface area contributed by atoms with Crippen molar-refractivity contribution < 1.29 is 9.72 Å². The molecule has 0 spiro atoms. The Morgan fingerprint density at radius 1 is 1.36 bits per heavy atom. The Morgan fingerprint density at radius 3 is 2.95 bits per heavy atom. The summed E-state index contributed by atoms with van der Waals surface area (Å²) >= 11 is 0. The number of nitro benzene ring substituents is 1. The molecule has 0 saturated carbocycles. The maximum Gasteiger partial charge on any atom is 0.271 e. The van der Waals surface area contributed by atoms with Crippen LogP contribution in [0.3, 0.4) is 0 Å². The summed E-state index contributed by atoms with van der Waals surface area (Å²) in [5, 5.41) is 13.4. The lowest BCUT2D eigenvalue weighted by atomic mass is 10.3. The number of aromatic amines is 1. The third kappa shape index (κ3) is 2.75. The van der Waals surface area contributed by atoms with Gasteiger partial charge in [0.25, 0.3) is 11.6 Å². The first kappa shape index (κ1) is 13.7. The molecule has 3 aromatic rings. The van der Waals surface area contributed by atoms with Crippen LogP contribution in [-0.4, -0.2) is 25.8 Å². The molecule has 8 heteroatoms. The molecule has 2 aromatic heterocycles. The Morgan fingerprint density at radius 2 is 2.23 bits per heavy atom. The Balaban J connectivity index is 1.74. The highest BCUT2D eigenvalue weighted by atomic mass is 16.6. The highest BCUT2D eigenvalue weighted by Crippen LogP contribution is 2.18. The standard InChI is InChI=1S/C14H11N5O3/c20-14(9-2-1-5-15-7-9)16-8-13-17-11-4-3-10(19(21)22)6-12(11)18-13/h1-7H,8H2,(H,16,20)(H,17,18). The molecule has 22 heavy (non-hydrogen) atoms. The van der Waals surface area contributed by atoms with Gasteiger partial charge in [-0.15, -0.1) is 0 Å². The van der Waals surface area contributed by atoms with Crippen LogP contribution in [0.5, 0.6) is 0 Å². The molecule has 0 atom stereocenters. The van der Waals surface area contributed by atoms with E-state index in [0.717, 1.165) is 0 Å². The molecule has 0 radical (unpaired) electrons. The number of benzene rings is 1. The van der Waals surface area contributed by atoms with Crippen molar-refractivity contribution in [3.8, 4) is 0 Å². The van der Waals surface area contributed by atoms with Crippen molar-refractivity contribution in [2.75, 3.05) is 0 Å². The number of aromatic nitrogens is 3. The quantitative estimate of drug-likeness (QED) is 0.563. The summed E-state index contributed by atoms with van der Waals surface area (Å²) in [6, 6.07) is 7.70. The maximum atomic E-state index is 11.9. The number of amides is 1. The van der Waals surface area contributed by atoms with Gasteiger partial charge in [-0.3, -0.25) is 19.9 Å². The molecule has 0 aliphatic heterocycles. The number of rotatable bonds is 4. The molecule has 0 aliphatic carbocycles. The zero-order chi connectivity index (χ0) is 15.5. The summed E-state index contributed by atoms with van der Waals surface area (Å²) in [7, 11) is 0. The molecule has 0 fully saturated rings. The van der Waals surface area contributed by atoms with Gasteiger partial charge >= 0.3 is 0 Å². The van der Waals surface area contributed by atoms with Gasteiger partial charge in [-0.05, 0) is 18.2 Å². The number of nitro groups is 1. The number of carbonyl (C=O) groups is 1. The number of nitrogens with one attached hydrogen (secondary N) is 2. The summed E-state index contributed by atoms with van der Waals surface area (Å²) in [6.45, 7) is 0.191. The molecule has 8 nitrogen and oxygen atoms in total. The van der Waals surface area contributed by atoms with Crippen LogP contribution in [0.1, 0.15) is 16.2 Å². The fourth-order valence-corrected chi connectivity index (χ4v) is 2.01. The number of non-ortho nitro benzene ring substituents is 1. The van der Waals surface area contributed by atoms with E-state index in [9.17, 15) is 14.9 Å². The van der Waals surface area contributed by atoms with Gasteiger partial charge in [0.1, 0.15) is 5.82 Å². The second kappa shape index (κ2) is 5.60. The zero-order valence-electron chi connectivity index (χ0n) is 11.3. The second-order valence-electron chi connectivity index (χ2n) is 4.57. The van der Waals surface area contributed by atoms with Gasteiger partial charge in [-0.25, -0.2) is 4.98 Å². The lowest BCUT2D eigenvalue weighted by Crippen LogP contribution is -2.23. The minimum atomic E-state index is -0.468. The Bertz CT molecular complexity index is 844. The molecule has 110 valence electrons. The molecule has 2 N–H and O–H groups in total. The van der Waals surface area contributed by atoms with Crippen LogP contribution in [-0.2, 0) is 6.54 Å². The molecular formula is C14H11N5O3. The van der Waals surface area contributed by atoms with Crippen LogP contribution in [0, 0.1) is 10.1 Å². The number of hydrogen-bond acceptors (Lipinski definition) is 5. The average molecular weight is 297 g/mol. The van der Waals surface area contributed by atoms with Crippen molar-refractivity contribution in [2.24, 2.45) is 0 Å². The lowest BCUT2D eigenvalue weighted by Gasteiger charge is -2.02. The van der Waals surface area contributed by atoms with Gasteiger partial charge in [0.15, 0.2) is 0 Å². The van der Waals surface area contributed by atoms with Crippen molar-refractivity contribution in [1.29, 1.82) is 0 Å². The van der Waals surface area contributed by atoms with Crippen LogP contribution in [0.15, 0.2) is 42.7 Å². The summed E-state index contributed by atoms with van der Waals surface area (Å²) < 4.78 is 0. The monoisotopic (exact) mass is 297 g/mol. The van der Waals surface area contributed by atoms with Crippen LogP contribution in [0.25, 0.3) is 11.0 Å². The molecular weight excluding hydrogens is 286 g/mol. The SMILES string of the molecule is O=C(NCc1nc2ccc([N+](=O)[O-])cc2[nH]1)c1cccnc1. The van der Waals surface area contributed by atoms with Crippen LogP contribution in [0.4, 0.5) is 5.69 Å². The first-order valence-electron chi connectivity index (χ1n) is 6.45. The number of H-pyrrole nitrogens is 1. The largest absolute Gasteiger partial charge is 0.345 e. The lowest BCUT2D eigenvalue weighted by molar-refractivity contribution is -0.384. The zero-order valence-corrected chi connectivity index (χ0v) is 11.3. The summed E-state index contributed by atoms with van der Waals surface area (Å²) in [6.07, 6.45) is 3.06. The first-order chi connectivity index (χ1) is 10.6. The van der Waals surface area contributed by atoms with Crippen LogP contribution < -0.4 is 5.32 Å². The average Bonchev–Trinajstić information content (AvgIpc) is 2.95. The third-order valence-corrected chi connectivity index (χ3v) is 3.07. The smallest absolute Gasteiger partial charge is 0.271 e. The number of carbonyl (C=O) groups excluding carboxylic acids is 1. The highest BCUT2D eigenvalue weighted by Gasteiger charge is 2.10. The minimum Gasteiger partial charge on any atom is -0.345 e. The molecule has 0 unspecified atom stereocenters. The second-order valence-corrected chi connectivity index (χ2v) is 4.57. The maximum absolute atomic E-state index is 11.9. The Labute approximate surface area is 124 Å². The predicted molar refractivity (Wildman–Crippen MR) is 78.2 cm³/mol. The summed E-state index contributed by atoms with van der Waals surface area (Å²) in [5.74, 6) is 0.257. The fraction of sp³-hybridized carbons (Fsp3) is 0.0714. The number of nitrogens with zero attached hydrogens (tertiary/aromatic N) is 3. The fourth-order valence-electron chi connectivity index (χ4n) is 2.01. The van der Waals surface area contributed by atoms with Gasteiger partial charge in [0.2, 0.25) is 0 Å². The predicted octanol–water partition coefficient (Wildman–Crippen LogP) is 1.80. The van der Waals surface area contributed by atoms with E-state index >= 15 is 0 Å².